The average Bonchev–Trinajstić information content (AvgIpc) is 2.66. The summed E-state index contributed by atoms with van der Waals surface area (Å²) < 4.78 is 0. The smallest absolute Gasteiger partial charge is 0.247 e. The molecule has 0 saturated heterocycles. The molecule has 0 bridgehead atoms. The summed E-state index contributed by atoms with van der Waals surface area (Å²) in [5.41, 5.74) is 5.63. The van der Waals surface area contributed by atoms with Crippen molar-refractivity contribution in [3.05, 3.63) is 0 Å². The van der Waals surface area contributed by atoms with E-state index in [0.717, 1.165) is 12.3 Å². The minimum Gasteiger partial charge on any atom is -0.387 e. The molecule has 3 heteroatoms. The van der Waals surface area contributed by atoms with Crippen molar-refractivity contribution < 1.29 is 4.79 Å². The highest BCUT2D eigenvalue weighted by atomic mass is 16.1. The molecule has 0 atom stereocenters. The molecule has 15 heavy (non-hydrogen) atoms. The van der Waals surface area contributed by atoms with E-state index in [-0.39, 0.29) is 11.8 Å². The number of aliphatic imine (C=N–C) groups is 1. The summed E-state index contributed by atoms with van der Waals surface area (Å²) in [6.45, 7) is 3.90. The predicted molar refractivity (Wildman–Crippen MR) is 62.7 cm³/mol. The summed E-state index contributed by atoms with van der Waals surface area (Å²) in [7, 11) is 0. The van der Waals surface area contributed by atoms with E-state index < -0.39 is 0 Å². The number of amides is 1. The van der Waals surface area contributed by atoms with E-state index in [0.29, 0.717) is 12.3 Å². The molecule has 0 aromatic rings. The second kappa shape index (κ2) is 5.89. The highest BCUT2D eigenvalue weighted by molar-refractivity contribution is 5.94. The Morgan fingerprint density at radius 3 is 2.53 bits per heavy atom. The Kier molecular flexibility index (Phi) is 4.79. The molecule has 0 aromatic heterocycles. The van der Waals surface area contributed by atoms with E-state index in [1.54, 1.807) is 0 Å². The quantitative estimate of drug-likeness (QED) is 0.572. The third-order valence-electron chi connectivity index (χ3n) is 3.09. The van der Waals surface area contributed by atoms with Gasteiger partial charge in [-0.15, -0.1) is 0 Å². The van der Waals surface area contributed by atoms with Gasteiger partial charge in [-0.3, -0.25) is 4.79 Å². The Morgan fingerprint density at radius 1 is 1.40 bits per heavy atom. The Balaban J connectivity index is 2.26. The van der Waals surface area contributed by atoms with E-state index in [1.165, 1.54) is 25.7 Å². The van der Waals surface area contributed by atoms with E-state index in [1.807, 2.05) is 13.8 Å². The maximum absolute atomic E-state index is 11.4. The van der Waals surface area contributed by atoms with Crippen LogP contribution in [0.25, 0.3) is 0 Å². The Labute approximate surface area is 92.1 Å². The van der Waals surface area contributed by atoms with Crippen molar-refractivity contribution in [3.8, 4) is 0 Å². The first kappa shape index (κ1) is 12.2. The van der Waals surface area contributed by atoms with Gasteiger partial charge in [-0.2, -0.15) is 0 Å². The van der Waals surface area contributed by atoms with E-state index >= 15 is 0 Å². The summed E-state index contributed by atoms with van der Waals surface area (Å²) in [6.07, 6.45) is 6.80. The van der Waals surface area contributed by atoms with Crippen molar-refractivity contribution >= 4 is 11.7 Å². The maximum Gasteiger partial charge on any atom is 0.247 e. The van der Waals surface area contributed by atoms with Crippen LogP contribution in [0, 0.1) is 11.8 Å². The third kappa shape index (κ3) is 4.45. The normalized spacial score (nSPS) is 18.7. The van der Waals surface area contributed by atoms with Crippen LogP contribution >= 0.6 is 0 Å². The largest absolute Gasteiger partial charge is 0.387 e. The number of amidine groups is 1. The molecule has 0 aliphatic heterocycles. The molecule has 86 valence electrons. The van der Waals surface area contributed by atoms with Crippen LogP contribution < -0.4 is 5.73 Å². The first-order valence-electron chi connectivity index (χ1n) is 5.96. The van der Waals surface area contributed by atoms with Gasteiger partial charge in [0.05, 0.1) is 0 Å². The molecular weight excluding hydrogens is 188 g/mol. The number of rotatable bonds is 4. The SMILES string of the molecule is CC(C)C(N)=NC(=O)CCC1CCCC1. The number of carbonyl (C=O) groups is 1. The Bertz CT molecular complexity index is 240. The highest BCUT2D eigenvalue weighted by Crippen LogP contribution is 2.28. The molecule has 3 nitrogen and oxygen atoms in total. The second-order valence-corrected chi connectivity index (χ2v) is 4.77. The van der Waals surface area contributed by atoms with Gasteiger partial charge in [0, 0.05) is 12.3 Å². The summed E-state index contributed by atoms with van der Waals surface area (Å²) in [5.74, 6) is 1.34. The molecule has 1 fully saturated rings. The zero-order valence-corrected chi connectivity index (χ0v) is 9.83. The van der Waals surface area contributed by atoms with Crippen LogP contribution in [-0.4, -0.2) is 11.7 Å². The van der Waals surface area contributed by atoms with Gasteiger partial charge in [-0.05, 0) is 12.3 Å². The first-order valence-corrected chi connectivity index (χ1v) is 5.96. The van der Waals surface area contributed by atoms with Gasteiger partial charge >= 0.3 is 0 Å². The highest BCUT2D eigenvalue weighted by Gasteiger charge is 2.16. The molecule has 1 aliphatic rings. The fraction of sp³-hybridized carbons (Fsp3) is 0.833. The summed E-state index contributed by atoms with van der Waals surface area (Å²) >= 11 is 0. The van der Waals surface area contributed by atoms with E-state index in [9.17, 15) is 4.79 Å². The topological polar surface area (TPSA) is 55.4 Å². The lowest BCUT2D eigenvalue weighted by molar-refractivity contribution is -0.118. The van der Waals surface area contributed by atoms with Crippen LogP contribution in [0.1, 0.15) is 52.4 Å². The van der Waals surface area contributed by atoms with Gasteiger partial charge in [-0.25, -0.2) is 4.99 Å². The van der Waals surface area contributed by atoms with Gasteiger partial charge in [0.15, 0.2) is 0 Å². The lowest BCUT2D eigenvalue weighted by Gasteiger charge is -2.06. The molecule has 1 aliphatic carbocycles. The van der Waals surface area contributed by atoms with Gasteiger partial charge in [0.25, 0.3) is 0 Å². The maximum atomic E-state index is 11.4. The van der Waals surface area contributed by atoms with Gasteiger partial charge in [0.2, 0.25) is 5.91 Å². The summed E-state index contributed by atoms with van der Waals surface area (Å²) in [4.78, 5) is 15.3. The van der Waals surface area contributed by atoms with Crippen molar-refractivity contribution in [1.29, 1.82) is 0 Å². The molecule has 0 heterocycles. The van der Waals surface area contributed by atoms with Gasteiger partial charge < -0.3 is 5.73 Å². The predicted octanol–water partition coefficient (Wildman–Crippen LogP) is 2.50. The van der Waals surface area contributed by atoms with Gasteiger partial charge in [-0.1, -0.05) is 39.5 Å². The molecule has 1 rings (SSSR count). The van der Waals surface area contributed by atoms with Crippen LogP contribution in [0.5, 0.6) is 0 Å². The Hall–Kier alpha value is -0.860. The minimum atomic E-state index is -0.0481. The van der Waals surface area contributed by atoms with Crippen LogP contribution in [0.3, 0.4) is 0 Å². The van der Waals surface area contributed by atoms with Crippen LogP contribution in [-0.2, 0) is 4.79 Å². The minimum absolute atomic E-state index is 0.0481. The summed E-state index contributed by atoms with van der Waals surface area (Å²) in [5, 5.41) is 0. The van der Waals surface area contributed by atoms with Crippen molar-refractivity contribution in [3.63, 3.8) is 0 Å². The zero-order valence-electron chi connectivity index (χ0n) is 9.83. The third-order valence-corrected chi connectivity index (χ3v) is 3.09. The molecule has 0 radical (unpaired) electrons. The van der Waals surface area contributed by atoms with Gasteiger partial charge in [0.1, 0.15) is 5.84 Å². The zero-order chi connectivity index (χ0) is 11.3. The second-order valence-electron chi connectivity index (χ2n) is 4.77. The number of nitrogens with zero attached hydrogens (tertiary/aromatic N) is 1. The molecule has 1 saturated carbocycles. The number of hydrogen-bond acceptors (Lipinski definition) is 1. The number of hydrogen-bond donors (Lipinski definition) is 1. The number of nitrogens with two attached hydrogens (primary N) is 1. The molecule has 0 spiro atoms. The standard InChI is InChI=1S/C12H22N2O/c1-9(2)12(13)14-11(15)8-7-10-5-3-4-6-10/h9-10H,3-8H2,1-2H3,(H2,13,14,15). The van der Waals surface area contributed by atoms with Crippen molar-refractivity contribution in [2.75, 3.05) is 0 Å². The van der Waals surface area contributed by atoms with Crippen LogP contribution in [0.2, 0.25) is 0 Å². The van der Waals surface area contributed by atoms with Crippen molar-refractivity contribution in [2.24, 2.45) is 22.6 Å². The molecule has 0 aromatic carbocycles. The van der Waals surface area contributed by atoms with Crippen molar-refractivity contribution in [2.45, 2.75) is 52.4 Å². The molecule has 1 amide bonds. The van der Waals surface area contributed by atoms with E-state index in [2.05, 4.69) is 4.99 Å². The van der Waals surface area contributed by atoms with Crippen LogP contribution in [0.15, 0.2) is 4.99 Å². The number of carbonyl (C=O) groups excluding carboxylic acids is 1. The molecular formula is C12H22N2O. The van der Waals surface area contributed by atoms with E-state index in [4.69, 9.17) is 5.73 Å². The van der Waals surface area contributed by atoms with Crippen LogP contribution in [0.4, 0.5) is 0 Å². The Morgan fingerprint density at radius 2 is 2.00 bits per heavy atom. The fourth-order valence-electron chi connectivity index (χ4n) is 1.96. The first-order chi connectivity index (χ1) is 7.09. The molecule has 0 unspecified atom stereocenters. The fourth-order valence-corrected chi connectivity index (χ4v) is 1.96. The average molecular weight is 210 g/mol. The van der Waals surface area contributed by atoms with Crippen molar-refractivity contribution in [1.82, 2.24) is 0 Å². The summed E-state index contributed by atoms with van der Waals surface area (Å²) in [6, 6.07) is 0. The monoisotopic (exact) mass is 210 g/mol. The molecule has 2 N–H and O–H groups in total. The lowest BCUT2D eigenvalue weighted by Crippen LogP contribution is -2.20. The lowest BCUT2D eigenvalue weighted by atomic mass is 10.0.